The summed E-state index contributed by atoms with van der Waals surface area (Å²) in [6.07, 6.45) is 5.21. The molecule has 4 aromatic heterocycles. The maximum Gasteiger partial charge on any atom is 0.333 e. The molecule has 0 amide bonds. The van der Waals surface area contributed by atoms with Crippen LogP contribution >= 0.6 is 23.2 Å². The van der Waals surface area contributed by atoms with Crippen molar-refractivity contribution in [3.05, 3.63) is 124 Å². The highest BCUT2D eigenvalue weighted by molar-refractivity contribution is 6.31. The summed E-state index contributed by atoms with van der Waals surface area (Å²) in [6, 6.07) is 14.6. The Bertz CT molecular complexity index is 1910. The minimum Gasteiger partial charge on any atom is -0.618 e. The number of nitrogens with zero attached hydrogens (tertiary/aromatic N) is 8. The van der Waals surface area contributed by atoms with E-state index in [-0.39, 0.29) is 43.9 Å². The largest absolute Gasteiger partial charge is 0.618 e. The lowest BCUT2D eigenvalue weighted by atomic mass is 9.97. The molecule has 0 aliphatic rings. The van der Waals surface area contributed by atoms with Crippen LogP contribution in [0.15, 0.2) is 91.6 Å². The quantitative estimate of drug-likeness (QED) is 0.169. The Kier molecular flexibility index (Phi) is 7.61. The third-order valence-corrected chi connectivity index (χ3v) is 7.26. The summed E-state index contributed by atoms with van der Waals surface area (Å²) in [6.45, 7) is -2.89. The topological polar surface area (TPSA) is 114 Å². The predicted octanol–water partition coefficient (Wildman–Crippen LogP) is 5.79. The van der Waals surface area contributed by atoms with E-state index in [1.54, 1.807) is 30.3 Å². The molecular weight excluding hydrogens is 608 g/mol. The van der Waals surface area contributed by atoms with Gasteiger partial charge in [0.2, 0.25) is 5.69 Å². The molecule has 6 aromatic rings. The van der Waals surface area contributed by atoms with Crippen molar-refractivity contribution in [3.8, 4) is 28.1 Å². The standard InChI is InChI=1S/C28H19Cl2F3N8O2/c29-19-7-9-21(38-15-23(30)36-37-38)24(25(19)31)17-6-8-22(40(43)14-17)26(27(42)16-4-2-1-3-5-16)39-13-18(12-35-39)20-10-11-34-41(20)28(32)33/h1-15,26-28,42H/t26-,27-/m0/s1. The molecule has 15 heteroatoms. The summed E-state index contributed by atoms with van der Waals surface area (Å²) in [4.78, 5) is 0. The van der Waals surface area contributed by atoms with E-state index >= 15 is 4.39 Å². The molecule has 0 bridgehead atoms. The highest BCUT2D eigenvalue weighted by atomic mass is 35.5. The molecule has 218 valence electrons. The van der Waals surface area contributed by atoms with E-state index < -0.39 is 24.5 Å². The van der Waals surface area contributed by atoms with Gasteiger partial charge in [0.15, 0.2) is 23.2 Å². The smallest absolute Gasteiger partial charge is 0.333 e. The van der Waals surface area contributed by atoms with Crippen LogP contribution in [-0.2, 0) is 0 Å². The lowest BCUT2D eigenvalue weighted by molar-refractivity contribution is -0.616. The van der Waals surface area contributed by atoms with E-state index in [1.807, 2.05) is 0 Å². The van der Waals surface area contributed by atoms with Gasteiger partial charge in [-0.1, -0.05) is 58.7 Å². The van der Waals surface area contributed by atoms with Crippen LogP contribution in [0, 0.1) is 11.0 Å². The summed E-state index contributed by atoms with van der Waals surface area (Å²) in [5.74, 6) is -0.799. The van der Waals surface area contributed by atoms with E-state index in [9.17, 15) is 19.1 Å². The van der Waals surface area contributed by atoms with Gasteiger partial charge in [0, 0.05) is 24.0 Å². The van der Waals surface area contributed by atoms with Crippen LogP contribution in [0.4, 0.5) is 13.2 Å². The number of hydrogen-bond acceptors (Lipinski definition) is 6. The molecule has 43 heavy (non-hydrogen) atoms. The maximum atomic E-state index is 15.4. The van der Waals surface area contributed by atoms with E-state index in [2.05, 4.69) is 20.5 Å². The minimum atomic E-state index is -2.89. The van der Waals surface area contributed by atoms with Gasteiger partial charge in [-0.25, -0.2) is 13.8 Å². The second kappa shape index (κ2) is 11.5. The van der Waals surface area contributed by atoms with Gasteiger partial charge in [-0.15, -0.1) is 5.10 Å². The molecule has 4 heterocycles. The molecule has 0 saturated carbocycles. The number of hydrogen-bond donors (Lipinski definition) is 1. The second-order valence-electron chi connectivity index (χ2n) is 9.36. The molecule has 0 unspecified atom stereocenters. The van der Waals surface area contributed by atoms with Crippen molar-refractivity contribution >= 4 is 23.2 Å². The average molecular weight is 627 g/mol. The molecule has 2 atom stereocenters. The van der Waals surface area contributed by atoms with Crippen molar-refractivity contribution in [3.63, 3.8) is 0 Å². The van der Waals surface area contributed by atoms with Gasteiger partial charge in [-0.05, 0) is 29.8 Å². The molecule has 6 rings (SSSR count). The number of aliphatic hydroxyl groups excluding tert-OH is 1. The molecule has 10 nitrogen and oxygen atoms in total. The molecule has 1 N–H and O–H groups in total. The number of aliphatic hydroxyl groups is 1. The number of aromatic nitrogens is 8. The maximum absolute atomic E-state index is 15.4. The van der Waals surface area contributed by atoms with Gasteiger partial charge in [0.1, 0.15) is 6.10 Å². The minimum absolute atomic E-state index is 0.0323. The Morgan fingerprint density at radius 3 is 2.42 bits per heavy atom. The van der Waals surface area contributed by atoms with E-state index in [0.717, 1.165) is 6.20 Å². The van der Waals surface area contributed by atoms with Gasteiger partial charge in [-0.3, -0.25) is 4.68 Å². The number of rotatable bonds is 8. The Morgan fingerprint density at radius 2 is 1.72 bits per heavy atom. The first-order valence-electron chi connectivity index (χ1n) is 12.6. The van der Waals surface area contributed by atoms with Crippen molar-refractivity contribution < 1.29 is 23.0 Å². The third kappa shape index (κ3) is 5.33. The Labute approximate surface area is 251 Å². The summed E-state index contributed by atoms with van der Waals surface area (Å²) < 4.78 is 46.0. The first-order valence-corrected chi connectivity index (χ1v) is 13.4. The number of alkyl halides is 2. The highest BCUT2D eigenvalue weighted by Gasteiger charge is 2.33. The van der Waals surface area contributed by atoms with Crippen LogP contribution in [0.25, 0.3) is 28.1 Å². The first-order chi connectivity index (χ1) is 20.7. The van der Waals surface area contributed by atoms with Gasteiger partial charge in [0.05, 0.1) is 39.9 Å². The molecular formula is C28H19Cl2F3N8O2. The number of pyridine rings is 1. The van der Waals surface area contributed by atoms with Crippen LogP contribution in [-0.4, -0.2) is 39.7 Å². The van der Waals surface area contributed by atoms with Crippen LogP contribution in [0.3, 0.4) is 0 Å². The van der Waals surface area contributed by atoms with Gasteiger partial charge in [0.25, 0.3) is 0 Å². The van der Waals surface area contributed by atoms with Gasteiger partial charge >= 0.3 is 6.55 Å². The lowest BCUT2D eigenvalue weighted by Crippen LogP contribution is -2.37. The van der Waals surface area contributed by atoms with Crippen molar-refractivity contribution in [2.75, 3.05) is 0 Å². The molecule has 0 saturated heterocycles. The summed E-state index contributed by atoms with van der Waals surface area (Å²) in [5.41, 5.74) is 1.22. The molecule has 0 radical (unpaired) electrons. The van der Waals surface area contributed by atoms with Crippen LogP contribution in [0.1, 0.15) is 30.0 Å². The fourth-order valence-electron chi connectivity index (χ4n) is 4.83. The Hall–Kier alpha value is -4.72. The van der Waals surface area contributed by atoms with Crippen molar-refractivity contribution in [1.29, 1.82) is 0 Å². The summed E-state index contributed by atoms with van der Waals surface area (Å²) in [7, 11) is 0. The SMILES string of the molecule is [O-][n+]1cc(-c2c(-n3cc(Cl)nn3)ccc(Cl)c2F)ccc1[C@@H]([C@@H](O)c1ccccc1)n1cc(-c2ccnn2C(F)F)cn1. The molecule has 0 aliphatic heterocycles. The lowest BCUT2D eigenvalue weighted by Gasteiger charge is -2.23. The van der Waals surface area contributed by atoms with Crippen LogP contribution in [0.2, 0.25) is 10.2 Å². The van der Waals surface area contributed by atoms with Gasteiger partial charge < -0.3 is 10.3 Å². The predicted molar refractivity (Wildman–Crippen MR) is 150 cm³/mol. The van der Waals surface area contributed by atoms with Crippen molar-refractivity contribution in [2.45, 2.75) is 18.7 Å². The van der Waals surface area contributed by atoms with E-state index in [1.165, 1.54) is 64.5 Å². The second-order valence-corrected chi connectivity index (χ2v) is 10.2. The summed E-state index contributed by atoms with van der Waals surface area (Å²) in [5, 5.41) is 40.6. The number of benzene rings is 2. The normalized spacial score (nSPS) is 13.0. The fraction of sp³-hybridized carbons (Fsp3) is 0.107. The Morgan fingerprint density at radius 1 is 0.930 bits per heavy atom. The fourth-order valence-corrected chi connectivity index (χ4v) is 5.12. The third-order valence-electron chi connectivity index (χ3n) is 6.80. The molecule has 0 aliphatic carbocycles. The molecule has 0 fully saturated rings. The van der Waals surface area contributed by atoms with Crippen molar-refractivity contribution in [1.82, 2.24) is 34.6 Å². The van der Waals surface area contributed by atoms with E-state index in [4.69, 9.17) is 23.2 Å². The zero-order chi connectivity index (χ0) is 30.2. The monoisotopic (exact) mass is 626 g/mol. The highest BCUT2D eigenvalue weighted by Crippen LogP contribution is 2.36. The zero-order valence-corrected chi connectivity index (χ0v) is 23.2. The van der Waals surface area contributed by atoms with Crippen molar-refractivity contribution in [2.24, 2.45) is 0 Å². The Balaban J connectivity index is 1.47. The van der Waals surface area contributed by atoms with E-state index in [0.29, 0.717) is 15.0 Å². The molecule has 0 spiro atoms. The molecule has 2 aromatic carbocycles. The zero-order valence-electron chi connectivity index (χ0n) is 21.7. The summed E-state index contributed by atoms with van der Waals surface area (Å²) >= 11 is 12.0. The number of halogens is 5. The van der Waals surface area contributed by atoms with Crippen LogP contribution in [0.5, 0.6) is 0 Å². The average Bonchev–Trinajstić information content (AvgIpc) is 3.77. The first kappa shape index (κ1) is 28.4. The van der Waals surface area contributed by atoms with Crippen LogP contribution < -0.4 is 4.73 Å². The van der Waals surface area contributed by atoms with Gasteiger partial charge in [-0.2, -0.15) is 23.7 Å².